The molecule has 1 aromatic carbocycles. The number of likely N-dealkylation sites (tertiary alicyclic amines) is 1. The summed E-state index contributed by atoms with van der Waals surface area (Å²) >= 11 is 0. The number of nitrogens with zero attached hydrogens (tertiary/aromatic N) is 1. The standard InChI is InChI=1S/C15H22N2/c16-14-9-5-7-12-6-1-2-8-13(12)15(14)17-10-3-4-11-17/h1-2,6,8,14-15H,3-5,7,9-11,16H2. The van der Waals surface area contributed by atoms with Gasteiger partial charge in [0, 0.05) is 6.04 Å². The molecule has 17 heavy (non-hydrogen) atoms. The molecule has 0 aromatic heterocycles. The zero-order chi connectivity index (χ0) is 11.7. The average Bonchev–Trinajstić information content (AvgIpc) is 2.80. The van der Waals surface area contributed by atoms with E-state index in [0.29, 0.717) is 12.1 Å². The summed E-state index contributed by atoms with van der Waals surface area (Å²) in [5.41, 5.74) is 9.46. The molecule has 2 N–H and O–H groups in total. The third kappa shape index (κ3) is 2.12. The SMILES string of the molecule is NC1CCCc2ccccc2C1N1CCCC1. The quantitative estimate of drug-likeness (QED) is 0.751. The molecule has 1 aliphatic heterocycles. The second-order valence-electron chi connectivity index (χ2n) is 5.44. The van der Waals surface area contributed by atoms with E-state index in [1.165, 1.54) is 49.9 Å². The van der Waals surface area contributed by atoms with Crippen molar-refractivity contribution in [3.05, 3.63) is 35.4 Å². The maximum absolute atomic E-state index is 6.43. The van der Waals surface area contributed by atoms with Crippen molar-refractivity contribution in [1.29, 1.82) is 0 Å². The Kier molecular flexibility index (Phi) is 3.17. The van der Waals surface area contributed by atoms with E-state index >= 15 is 0 Å². The zero-order valence-corrected chi connectivity index (χ0v) is 10.4. The molecule has 0 radical (unpaired) electrons. The Morgan fingerprint density at radius 1 is 1.06 bits per heavy atom. The van der Waals surface area contributed by atoms with Gasteiger partial charge in [-0.05, 0) is 56.3 Å². The van der Waals surface area contributed by atoms with Crippen LogP contribution in [0.5, 0.6) is 0 Å². The Morgan fingerprint density at radius 2 is 1.82 bits per heavy atom. The number of nitrogens with two attached hydrogens (primary N) is 1. The topological polar surface area (TPSA) is 29.3 Å². The van der Waals surface area contributed by atoms with Crippen LogP contribution in [0.2, 0.25) is 0 Å². The highest BCUT2D eigenvalue weighted by atomic mass is 15.2. The van der Waals surface area contributed by atoms with Crippen LogP contribution in [0.15, 0.2) is 24.3 Å². The van der Waals surface area contributed by atoms with Crippen molar-refractivity contribution >= 4 is 0 Å². The average molecular weight is 230 g/mol. The van der Waals surface area contributed by atoms with Gasteiger partial charge in [0.2, 0.25) is 0 Å². The van der Waals surface area contributed by atoms with Gasteiger partial charge in [0.05, 0.1) is 6.04 Å². The number of benzene rings is 1. The fourth-order valence-electron chi connectivity index (χ4n) is 3.45. The van der Waals surface area contributed by atoms with Crippen molar-refractivity contribution < 1.29 is 0 Å². The molecule has 0 amide bonds. The molecule has 2 aliphatic rings. The molecule has 2 heteroatoms. The molecule has 0 spiro atoms. The van der Waals surface area contributed by atoms with Crippen LogP contribution < -0.4 is 5.73 Å². The van der Waals surface area contributed by atoms with E-state index in [0.717, 1.165) is 6.42 Å². The molecular formula is C15H22N2. The molecule has 1 fully saturated rings. The fraction of sp³-hybridized carbons (Fsp3) is 0.600. The number of hydrogen-bond donors (Lipinski definition) is 1. The molecule has 1 saturated heterocycles. The van der Waals surface area contributed by atoms with Crippen molar-refractivity contribution in [2.45, 2.75) is 44.2 Å². The lowest BCUT2D eigenvalue weighted by Crippen LogP contribution is -2.39. The molecule has 1 heterocycles. The molecular weight excluding hydrogens is 208 g/mol. The van der Waals surface area contributed by atoms with Crippen molar-refractivity contribution in [1.82, 2.24) is 4.90 Å². The summed E-state index contributed by atoms with van der Waals surface area (Å²) < 4.78 is 0. The number of aryl methyl sites for hydroxylation is 1. The van der Waals surface area contributed by atoms with Gasteiger partial charge in [-0.15, -0.1) is 0 Å². The van der Waals surface area contributed by atoms with Gasteiger partial charge < -0.3 is 5.73 Å². The molecule has 92 valence electrons. The molecule has 1 aromatic rings. The summed E-state index contributed by atoms with van der Waals surface area (Å²) in [5, 5.41) is 0. The highest BCUT2D eigenvalue weighted by molar-refractivity contribution is 5.32. The van der Waals surface area contributed by atoms with Crippen LogP contribution in [0.4, 0.5) is 0 Å². The summed E-state index contributed by atoms with van der Waals surface area (Å²) in [7, 11) is 0. The van der Waals surface area contributed by atoms with Crippen LogP contribution in [0.25, 0.3) is 0 Å². The first kappa shape index (κ1) is 11.2. The highest BCUT2D eigenvalue weighted by Gasteiger charge is 2.31. The smallest absolute Gasteiger partial charge is 0.0501 e. The van der Waals surface area contributed by atoms with Crippen molar-refractivity contribution in [3.8, 4) is 0 Å². The number of fused-ring (bicyclic) bond motifs is 1. The monoisotopic (exact) mass is 230 g/mol. The van der Waals surface area contributed by atoms with E-state index in [2.05, 4.69) is 29.2 Å². The predicted molar refractivity (Wildman–Crippen MR) is 70.9 cm³/mol. The molecule has 1 aliphatic carbocycles. The predicted octanol–water partition coefficient (Wildman–Crippen LogP) is 2.49. The summed E-state index contributed by atoms with van der Waals surface area (Å²) in [5.74, 6) is 0. The lowest BCUT2D eigenvalue weighted by Gasteiger charge is -2.32. The van der Waals surface area contributed by atoms with Gasteiger partial charge in [-0.2, -0.15) is 0 Å². The number of rotatable bonds is 1. The maximum Gasteiger partial charge on any atom is 0.0501 e. The van der Waals surface area contributed by atoms with Gasteiger partial charge in [0.15, 0.2) is 0 Å². The molecule has 0 saturated carbocycles. The molecule has 2 unspecified atom stereocenters. The first-order valence-corrected chi connectivity index (χ1v) is 6.94. The van der Waals surface area contributed by atoms with Crippen LogP contribution in [0, 0.1) is 0 Å². The van der Waals surface area contributed by atoms with E-state index in [9.17, 15) is 0 Å². The van der Waals surface area contributed by atoms with Gasteiger partial charge in [-0.1, -0.05) is 24.3 Å². The minimum Gasteiger partial charge on any atom is -0.326 e. The normalized spacial score (nSPS) is 29.9. The van der Waals surface area contributed by atoms with Crippen molar-refractivity contribution in [2.24, 2.45) is 5.73 Å². The van der Waals surface area contributed by atoms with E-state index in [1.54, 1.807) is 0 Å². The third-order valence-electron chi connectivity index (χ3n) is 4.30. The molecule has 3 rings (SSSR count). The van der Waals surface area contributed by atoms with Gasteiger partial charge in [-0.25, -0.2) is 0 Å². The second kappa shape index (κ2) is 4.79. The van der Waals surface area contributed by atoms with Gasteiger partial charge in [0.1, 0.15) is 0 Å². The van der Waals surface area contributed by atoms with Crippen LogP contribution in [-0.4, -0.2) is 24.0 Å². The summed E-state index contributed by atoms with van der Waals surface area (Å²) in [6.45, 7) is 2.46. The van der Waals surface area contributed by atoms with Gasteiger partial charge in [0.25, 0.3) is 0 Å². The van der Waals surface area contributed by atoms with Crippen LogP contribution in [0.1, 0.15) is 42.9 Å². The Morgan fingerprint density at radius 3 is 2.65 bits per heavy atom. The van der Waals surface area contributed by atoms with Crippen LogP contribution in [0.3, 0.4) is 0 Å². The largest absolute Gasteiger partial charge is 0.326 e. The fourth-order valence-corrected chi connectivity index (χ4v) is 3.45. The molecule has 2 nitrogen and oxygen atoms in total. The Bertz CT molecular complexity index is 382. The second-order valence-corrected chi connectivity index (χ2v) is 5.44. The van der Waals surface area contributed by atoms with Crippen molar-refractivity contribution in [2.75, 3.05) is 13.1 Å². The Labute approximate surface area is 104 Å². The molecule has 0 bridgehead atoms. The van der Waals surface area contributed by atoms with E-state index in [-0.39, 0.29) is 0 Å². The zero-order valence-electron chi connectivity index (χ0n) is 10.4. The number of hydrogen-bond acceptors (Lipinski definition) is 2. The summed E-state index contributed by atoms with van der Waals surface area (Å²) in [6, 6.07) is 9.70. The van der Waals surface area contributed by atoms with E-state index < -0.39 is 0 Å². The van der Waals surface area contributed by atoms with Gasteiger partial charge >= 0.3 is 0 Å². The maximum atomic E-state index is 6.43. The van der Waals surface area contributed by atoms with Crippen molar-refractivity contribution in [3.63, 3.8) is 0 Å². The first-order chi connectivity index (χ1) is 8.36. The van der Waals surface area contributed by atoms with Crippen LogP contribution >= 0.6 is 0 Å². The minimum absolute atomic E-state index is 0.316. The van der Waals surface area contributed by atoms with E-state index in [4.69, 9.17) is 5.73 Å². The third-order valence-corrected chi connectivity index (χ3v) is 4.30. The molecule has 2 atom stereocenters. The summed E-state index contributed by atoms with van der Waals surface area (Å²) in [4.78, 5) is 2.61. The Balaban J connectivity index is 1.97. The highest BCUT2D eigenvalue weighted by Crippen LogP contribution is 2.34. The minimum atomic E-state index is 0.316. The van der Waals surface area contributed by atoms with Crippen LogP contribution in [-0.2, 0) is 6.42 Å². The van der Waals surface area contributed by atoms with E-state index in [1.807, 2.05) is 0 Å². The lowest BCUT2D eigenvalue weighted by atomic mass is 9.95. The first-order valence-electron chi connectivity index (χ1n) is 6.94. The Hall–Kier alpha value is -0.860. The lowest BCUT2D eigenvalue weighted by molar-refractivity contribution is 0.209. The van der Waals surface area contributed by atoms with Gasteiger partial charge in [-0.3, -0.25) is 4.90 Å². The summed E-state index contributed by atoms with van der Waals surface area (Å²) in [6.07, 6.45) is 6.28.